The van der Waals surface area contributed by atoms with E-state index in [1.807, 2.05) is 54.3 Å². The summed E-state index contributed by atoms with van der Waals surface area (Å²) in [5.41, 5.74) is 2.38. The van der Waals surface area contributed by atoms with Gasteiger partial charge in [0, 0.05) is 36.7 Å². The minimum Gasteiger partial charge on any atom is -0.383 e. The van der Waals surface area contributed by atoms with Crippen molar-refractivity contribution < 1.29 is 18.7 Å². The van der Waals surface area contributed by atoms with Crippen molar-refractivity contribution in [3.05, 3.63) is 99.8 Å². The molecule has 3 aromatic rings. The van der Waals surface area contributed by atoms with Crippen LogP contribution in [0.1, 0.15) is 40.6 Å². The first-order valence-corrected chi connectivity index (χ1v) is 17.2. The van der Waals surface area contributed by atoms with Crippen LogP contribution in [0.2, 0.25) is 24.7 Å². The summed E-state index contributed by atoms with van der Waals surface area (Å²) in [4.78, 5) is 30.5. The van der Waals surface area contributed by atoms with Crippen LogP contribution in [0.4, 0.5) is 10.1 Å². The highest BCUT2D eigenvalue weighted by atomic mass is 35.5. The van der Waals surface area contributed by atoms with Gasteiger partial charge in [0.15, 0.2) is 0 Å². The number of aryl methyl sites for hydroxylation is 1. The summed E-state index contributed by atoms with van der Waals surface area (Å²) in [6.45, 7) is 8.86. The molecule has 5 rings (SSSR count). The van der Waals surface area contributed by atoms with Crippen LogP contribution < -0.4 is 5.32 Å². The van der Waals surface area contributed by atoms with Gasteiger partial charge in [-0.25, -0.2) is 4.39 Å². The highest BCUT2D eigenvalue weighted by Gasteiger charge is 2.63. The molecule has 2 aliphatic heterocycles. The number of nitrogens with zero attached hydrogens (tertiary/aromatic N) is 1. The number of amides is 2. The molecule has 1 N–H and O–H groups in total. The maximum Gasteiger partial charge on any atom is 0.238 e. The summed E-state index contributed by atoms with van der Waals surface area (Å²) >= 11 is 6.51. The third-order valence-electron chi connectivity index (χ3n) is 8.38. The Morgan fingerprint density at radius 3 is 2.54 bits per heavy atom. The van der Waals surface area contributed by atoms with Crippen molar-refractivity contribution in [3.63, 3.8) is 0 Å². The van der Waals surface area contributed by atoms with Gasteiger partial charge in [-0.05, 0) is 59.5 Å². The molecule has 0 bridgehead atoms. The number of rotatable bonds is 6. The highest BCUT2D eigenvalue weighted by Crippen LogP contribution is 2.60. The molecule has 0 aliphatic carbocycles. The number of methoxy groups -OCH3 is 1. The first-order valence-electron chi connectivity index (χ1n) is 13.2. The molecule has 5 nitrogen and oxygen atoms in total. The van der Waals surface area contributed by atoms with Crippen molar-refractivity contribution in [3.8, 4) is 0 Å². The minimum absolute atomic E-state index is 0.0608. The molecular formula is C31H34ClFN2O3Si. The summed E-state index contributed by atoms with van der Waals surface area (Å²) in [6.07, 6.45) is 0.0608. The van der Waals surface area contributed by atoms with Gasteiger partial charge in [-0.2, -0.15) is 0 Å². The van der Waals surface area contributed by atoms with Gasteiger partial charge in [-0.15, -0.1) is 0 Å². The van der Waals surface area contributed by atoms with Gasteiger partial charge in [0.1, 0.15) is 11.2 Å². The first kappa shape index (κ1) is 27.6. The number of hydrogen-bond donors (Lipinski definition) is 1. The molecule has 4 atom stereocenters. The number of hydrogen-bond acceptors (Lipinski definition) is 3. The van der Waals surface area contributed by atoms with Crippen LogP contribution in [-0.2, 0) is 19.7 Å². The summed E-state index contributed by atoms with van der Waals surface area (Å²) in [5, 5.41) is 3.63. The second-order valence-electron chi connectivity index (χ2n) is 11.7. The number of benzene rings is 3. The first-order chi connectivity index (χ1) is 18.5. The number of anilines is 1. The summed E-state index contributed by atoms with van der Waals surface area (Å²) in [5.74, 6) is -1.30. The number of halogens is 2. The lowest BCUT2D eigenvalue weighted by Gasteiger charge is -2.53. The van der Waals surface area contributed by atoms with Crippen LogP contribution in [0.15, 0.2) is 66.7 Å². The molecule has 8 heteroatoms. The molecule has 0 aromatic heterocycles. The standard InChI is InChI=1S/C31H34ClFN2O3Si/c1-19-13-14-22(33)16-23(19)25-17-27(36)35(18-28(38-2)39(3,4)5)29(20-9-8-10-21(32)15-20)31(25)24-11-6-7-12-26(24)34-30(31)37/h6-16,25,28-29H,17-18H2,1-5H3,(H,34,37). The Bertz CT molecular complexity index is 1440. The third kappa shape index (κ3) is 4.60. The van der Waals surface area contributed by atoms with Crippen LogP contribution >= 0.6 is 11.6 Å². The second-order valence-corrected chi connectivity index (χ2v) is 17.5. The molecule has 3 aromatic carbocycles. The average Bonchev–Trinajstić information content (AvgIpc) is 3.17. The van der Waals surface area contributed by atoms with E-state index in [0.717, 1.165) is 16.7 Å². The van der Waals surface area contributed by atoms with E-state index in [-0.39, 0.29) is 24.0 Å². The van der Waals surface area contributed by atoms with Crippen molar-refractivity contribution in [2.75, 3.05) is 19.0 Å². The molecule has 2 amide bonds. The zero-order valence-corrected chi connectivity index (χ0v) is 24.7. The van der Waals surface area contributed by atoms with E-state index < -0.39 is 31.3 Å². The van der Waals surface area contributed by atoms with Crippen molar-refractivity contribution in [2.24, 2.45) is 0 Å². The van der Waals surface area contributed by atoms with E-state index in [1.165, 1.54) is 12.1 Å². The smallest absolute Gasteiger partial charge is 0.238 e. The van der Waals surface area contributed by atoms with Gasteiger partial charge in [0.05, 0.1) is 19.8 Å². The molecular weight excluding hydrogens is 531 g/mol. The van der Waals surface area contributed by atoms with Gasteiger partial charge in [-0.3, -0.25) is 9.59 Å². The SMILES string of the molecule is COC(CN1C(=O)CC(c2cc(F)ccc2C)C2(C(=O)Nc3ccccc32)C1c1cccc(Cl)c1)[Si](C)(C)C. The number of para-hydroxylation sites is 1. The number of piperidine rings is 1. The maximum atomic E-state index is 14.7. The van der Waals surface area contributed by atoms with Crippen LogP contribution in [0, 0.1) is 12.7 Å². The molecule has 1 spiro atoms. The number of nitrogens with one attached hydrogen (secondary N) is 1. The molecule has 1 saturated heterocycles. The molecule has 1 fully saturated rings. The molecule has 2 aliphatic rings. The fourth-order valence-corrected chi connectivity index (χ4v) is 8.15. The fourth-order valence-electron chi connectivity index (χ4n) is 6.50. The second kappa shape index (κ2) is 10.2. The van der Waals surface area contributed by atoms with Crippen molar-refractivity contribution >= 4 is 37.2 Å². The average molecular weight is 565 g/mol. The van der Waals surface area contributed by atoms with Crippen LogP contribution in [-0.4, -0.2) is 44.2 Å². The Kier molecular flexibility index (Phi) is 7.20. The monoisotopic (exact) mass is 564 g/mol. The van der Waals surface area contributed by atoms with Gasteiger partial charge in [0.25, 0.3) is 0 Å². The Labute approximate surface area is 235 Å². The summed E-state index contributed by atoms with van der Waals surface area (Å²) < 4.78 is 20.7. The number of ether oxygens (including phenoxy) is 1. The molecule has 4 unspecified atom stereocenters. The van der Waals surface area contributed by atoms with Crippen LogP contribution in [0.3, 0.4) is 0 Å². The molecule has 0 saturated carbocycles. The van der Waals surface area contributed by atoms with E-state index >= 15 is 0 Å². The van der Waals surface area contributed by atoms with E-state index in [1.54, 1.807) is 19.2 Å². The quantitative estimate of drug-likeness (QED) is 0.342. The van der Waals surface area contributed by atoms with Gasteiger partial charge < -0.3 is 15.0 Å². The van der Waals surface area contributed by atoms with Gasteiger partial charge in [0.2, 0.25) is 11.8 Å². The van der Waals surface area contributed by atoms with Crippen LogP contribution in [0.25, 0.3) is 0 Å². The largest absolute Gasteiger partial charge is 0.383 e. The van der Waals surface area contributed by atoms with Crippen molar-refractivity contribution in [1.82, 2.24) is 4.90 Å². The number of carbonyl (C=O) groups is 2. The predicted molar refractivity (Wildman–Crippen MR) is 155 cm³/mol. The molecule has 204 valence electrons. The summed E-state index contributed by atoms with van der Waals surface area (Å²) in [7, 11) is -0.193. The number of carbonyl (C=O) groups excluding carboxylic acids is 2. The Balaban J connectivity index is 1.83. The lowest BCUT2D eigenvalue weighted by molar-refractivity contribution is -0.147. The van der Waals surface area contributed by atoms with E-state index in [4.69, 9.17) is 16.3 Å². The topological polar surface area (TPSA) is 58.6 Å². The molecule has 39 heavy (non-hydrogen) atoms. The number of fused-ring (bicyclic) bond motifs is 2. The maximum absolute atomic E-state index is 14.7. The van der Waals surface area contributed by atoms with Gasteiger partial charge in [-0.1, -0.05) is 67.6 Å². The zero-order valence-electron chi connectivity index (χ0n) is 22.9. The van der Waals surface area contributed by atoms with Crippen molar-refractivity contribution in [2.45, 2.75) is 56.1 Å². The zero-order chi connectivity index (χ0) is 28.1. The minimum atomic E-state index is -1.87. The fraction of sp³-hybridized carbons (Fsp3) is 0.355. The van der Waals surface area contributed by atoms with Crippen LogP contribution in [0.5, 0.6) is 0 Å². The summed E-state index contributed by atoms with van der Waals surface area (Å²) in [6, 6.07) is 18.9. The highest BCUT2D eigenvalue weighted by molar-refractivity contribution is 6.77. The molecule has 0 radical (unpaired) electrons. The Morgan fingerprint density at radius 2 is 1.85 bits per heavy atom. The van der Waals surface area contributed by atoms with E-state index in [9.17, 15) is 14.0 Å². The predicted octanol–water partition coefficient (Wildman–Crippen LogP) is 6.63. The molecule has 2 heterocycles. The van der Waals surface area contributed by atoms with Crippen molar-refractivity contribution in [1.29, 1.82) is 0 Å². The normalized spacial score (nSPS) is 23.6. The van der Waals surface area contributed by atoms with E-state index in [2.05, 4.69) is 25.0 Å². The lowest BCUT2D eigenvalue weighted by atomic mass is 9.58. The van der Waals surface area contributed by atoms with E-state index in [0.29, 0.717) is 22.8 Å². The third-order valence-corrected chi connectivity index (χ3v) is 11.0. The number of likely N-dealkylation sites (tertiary alicyclic amines) is 1. The Morgan fingerprint density at radius 1 is 1.10 bits per heavy atom. The Hall–Kier alpha value is -3.00. The lowest BCUT2D eigenvalue weighted by Crippen LogP contribution is -2.61. The van der Waals surface area contributed by atoms with Gasteiger partial charge >= 0.3 is 0 Å².